The average molecular weight is 413 g/mol. The summed E-state index contributed by atoms with van der Waals surface area (Å²) >= 11 is 5.91. The molecule has 3 aromatic rings. The largest absolute Gasteiger partial charge is 0.495 e. The molecule has 2 amide bonds. The molecule has 0 atom stereocenters. The number of methoxy groups -OCH3 is 1. The molecule has 150 valence electrons. The number of para-hydroxylation sites is 2. The molecule has 0 fully saturated rings. The Hall–Kier alpha value is -3.25. The van der Waals surface area contributed by atoms with Crippen LogP contribution in [-0.4, -0.2) is 30.4 Å². The van der Waals surface area contributed by atoms with Gasteiger partial charge in [0.2, 0.25) is 11.8 Å². The van der Waals surface area contributed by atoms with Crippen molar-refractivity contribution in [2.45, 2.75) is 13.0 Å². The van der Waals surface area contributed by atoms with E-state index in [1.54, 1.807) is 54.6 Å². The van der Waals surface area contributed by atoms with Gasteiger partial charge in [0.15, 0.2) is 0 Å². The number of halogens is 1. The number of rotatable bonds is 8. The Balaban J connectivity index is 1.71. The summed E-state index contributed by atoms with van der Waals surface area (Å²) in [6.07, 6.45) is 1.69. The van der Waals surface area contributed by atoms with Gasteiger partial charge >= 0.3 is 0 Å². The van der Waals surface area contributed by atoms with Gasteiger partial charge in [-0.15, -0.1) is 0 Å². The van der Waals surface area contributed by atoms with Crippen molar-refractivity contribution in [2.24, 2.45) is 0 Å². The third kappa shape index (κ3) is 5.86. The molecule has 0 bridgehead atoms. The number of anilines is 1. The lowest BCUT2D eigenvalue weighted by atomic mass is 10.1. The fourth-order valence-electron chi connectivity index (χ4n) is 2.82. The van der Waals surface area contributed by atoms with Gasteiger partial charge in [0, 0.05) is 5.02 Å². The zero-order valence-electron chi connectivity index (χ0n) is 15.9. The highest BCUT2D eigenvalue weighted by Crippen LogP contribution is 2.23. The van der Waals surface area contributed by atoms with E-state index in [0.717, 1.165) is 5.56 Å². The molecule has 0 saturated heterocycles. The molecule has 0 aliphatic rings. The number of nitrogens with one attached hydrogen (secondary N) is 1. The van der Waals surface area contributed by atoms with Crippen LogP contribution in [0, 0.1) is 0 Å². The van der Waals surface area contributed by atoms with Gasteiger partial charge < -0.3 is 19.4 Å². The lowest BCUT2D eigenvalue weighted by Gasteiger charge is -2.22. The second kappa shape index (κ2) is 9.80. The van der Waals surface area contributed by atoms with Gasteiger partial charge in [0.1, 0.15) is 18.1 Å². The number of hydrogen-bond donors (Lipinski definition) is 1. The molecule has 7 heteroatoms. The van der Waals surface area contributed by atoms with Crippen LogP contribution in [0.25, 0.3) is 0 Å². The van der Waals surface area contributed by atoms with Gasteiger partial charge in [-0.25, -0.2) is 0 Å². The lowest BCUT2D eigenvalue weighted by molar-refractivity contribution is -0.134. The quantitative estimate of drug-likeness (QED) is 0.603. The van der Waals surface area contributed by atoms with Crippen molar-refractivity contribution < 1.29 is 18.7 Å². The minimum Gasteiger partial charge on any atom is -0.495 e. The number of ether oxygens (including phenoxy) is 1. The number of carbonyl (C=O) groups is 2. The number of hydrogen-bond acceptors (Lipinski definition) is 4. The Morgan fingerprint density at radius 3 is 2.52 bits per heavy atom. The molecule has 1 heterocycles. The minimum atomic E-state index is -0.328. The van der Waals surface area contributed by atoms with E-state index in [2.05, 4.69) is 5.32 Å². The number of benzene rings is 2. The highest BCUT2D eigenvalue weighted by Gasteiger charge is 2.20. The van der Waals surface area contributed by atoms with Gasteiger partial charge in [0.05, 0.1) is 32.0 Å². The molecule has 2 aromatic carbocycles. The fourth-order valence-corrected chi connectivity index (χ4v) is 2.95. The van der Waals surface area contributed by atoms with E-state index in [-0.39, 0.29) is 31.3 Å². The fraction of sp³-hybridized carbons (Fsp3) is 0.182. The number of carbonyl (C=O) groups excluding carboxylic acids is 2. The highest BCUT2D eigenvalue weighted by molar-refractivity contribution is 6.30. The molecule has 0 saturated carbocycles. The van der Waals surface area contributed by atoms with Crippen molar-refractivity contribution in [2.75, 3.05) is 19.0 Å². The maximum atomic E-state index is 12.9. The average Bonchev–Trinajstić information content (AvgIpc) is 3.23. The molecule has 0 radical (unpaired) electrons. The third-order valence-electron chi connectivity index (χ3n) is 4.26. The second-order valence-electron chi connectivity index (χ2n) is 6.38. The molecule has 1 aromatic heterocycles. The van der Waals surface area contributed by atoms with Crippen LogP contribution in [0.4, 0.5) is 5.69 Å². The molecule has 1 N–H and O–H groups in total. The zero-order chi connectivity index (χ0) is 20.6. The molecule has 0 unspecified atom stereocenters. The summed E-state index contributed by atoms with van der Waals surface area (Å²) in [5.41, 5.74) is 1.36. The predicted octanol–water partition coefficient (Wildman–Crippen LogP) is 4.15. The van der Waals surface area contributed by atoms with E-state index >= 15 is 0 Å². The molecule has 0 aliphatic heterocycles. The number of nitrogens with zero attached hydrogens (tertiary/aromatic N) is 1. The first-order chi connectivity index (χ1) is 14.0. The van der Waals surface area contributed by atoms with E-state index in [9.17, 15) is 9.59 Å². The van der Waals surface area contributed by atoms with Crippen LogP contribution in [0.2, 0.25) is 5.02 Å². The summed E-state index contributed by atoms with van der Waals surface area (Å²) in [4.78, 5) is 27.0. The maximum absolute atomic E-state index is 12.9. The Bertz CT molecular complexity index is 955. The van der Waals surface area contributed by atoms with Crippen LogP contribution in [-0.2, 0) is 22.6 Å². The van der Waals surface area contributed by atoms with Crippen molar-refractivity contribution in [3.05, 3.63) is 83.3 Å². The zero-order valence-corrected chi connectivity index (χ0v) is 16.7. The summed E-state index contributed by atoms with van der Waals surface area (Å²) in [5.74, 6) is 0.620. The van der Waals surface area contributed by atoms with Crippen LogP contribution < -0.4 is 10.1 Å². The number of amides is 2. The first kappa shape index (κ1) is 20.5. The molecule has 6 nitrogen and oxygen atoms in total. The molecular weight excluding hydrogens is 392 g/mol. The van der Waals surface area contributed by atoms with Crippen LogP contribution in [0.1, 0.15) is 11.3 Å². The van der Waals surface area contributed by atoms with E-state index in [1.165, 1.54) is 18.3 Å². The Kier molecular flexibility index (Phi) is 6.92. The maximum Gasteiger partial charge on any atom is 0.244 e. The van der Waals surface area contributed by atoms with Crippen LogP contribution in [0.5, 0.6) is 5.75 Å². The molecule has 3 rings (SSSR count). The molecular formula is C22H21ClN2O4. The van der Waals surface area contributed by atoms with Crippen LogP contribution in [0.3, 0.4) is 0 Å². The van der Waals surface area contributed by atoms with Gasteiger partial charge in [-0.05, 0) is 42.0 Å². The molecule has 29 heavy (non-hydrogen) atoms. The molecule has 0 aliphatic carbocycles. The Morgan fingerprint density at radius 2 is 1.83 bits per heavy atom. The predicted molar refractivity (Wildman–Crippen MR) is 111 cm³/mol. The van der Waals surface area contributed by atoms with Crippen molar-refractivity contribution in [1.82, 2.24) is 4.90 Å². The van der Waals surface area contributed by atoms with Crippen molar-refractivity contribution in [3.8, 4) is 5.75 Å². The SMILES string of the molecule is COc1ccccc1NC(=O)CN(Cc1ccco1)C(=O)Cc1ccc(Cl)cc1. The van der Waals surface area contributed by atoms with E-state index in [1.807, 2.05) is 6.07 Å². The third-order valence-corrected chi connectivity index (χ3v) is 4.52. The summed E-state index contributed by atoms with van der Waals surface area (Å²) in [5, 5.41) is 3.39. The second-order valence-corrected chi connectivity index (χ2v) is 6.82. The first-order valence-electron chi connectivity index (χ1n) is 9.02. The van der Waals surface area contributed by atoms with Gasteiger partial charge in [0.25, 0.3) is 0 Å². The van der Waals surface area contributed by atoms with Gasteiger partial charge in [-0.3, -0.25) is 9.59 Å². The van der Waals surface area contributed by atoms with Crippen molar-refractivity contribution >= 4 is 29.1 Å². The Morgan fingerprint density at radius 1 is 1.07 bits per heavy atom. The minimum absolute atomic E-state index is 0.120. The van der Waals surface area contributed by atoms with Gasteiger partial charge in [-0.2, -0.15) is 0 Å². The van der Waals surface area contributed by atoms with Crippen molar-refractivity contribution in [3.63, 3.8) is 0 Å². The topological polar surface area (TPSA) is 71.8 Å². The smallest absolute Gasteiger partial charge is 0.244 e. The molecule has 0 spiro atoms. The summed E-state index contributed by atoms with van der Waals surface area (Å²) in [7, 11) is 1.53. The highest BCUT2D eigenvalue weighted by atomic mass is 35.5. The monoisotopic (exact) mass is 412 g/mol. The van der Waals surface area contributed by atoms with Crippen LogP contribution >= 0.6 is 11.6 Å². The number of furan rings is 1. The van der Waals surface area contributed by atoms with Crippen LogP contribution in [0.15, 0.2) is 71.3 Å². The normalized spacial score (nSPS) is 10.4. The standard InChI is InChI=1S/C22H21ClN2O4/c1-28-20-7-3-2-6-19(20)24-21(26)15-25(14-18-5-4-12-29-18)22(27)13-16-8-10-17(23)11-9-16/h2-12H,13-15H2,1H3,(H,24,26). The summed E-state index contributed by atoms with van der Waals surface area (Å²) in [6, 6.07) is 17.7. The summed E-state index contributed by atoms with van der Waals surface area (Å²) in [6.45, 7) is 0.0734. The van der Waals surface area contributed by atoms with E-state index in [4.69, 9.17) is 20.8 Å². The summed E-state index contributed by atoms with van der Waals surface area (Å²) < 4.78 is 10.6. The van der Waals surface area contributed by atoms with E-state index < -0.39 is 0 Å². The Labute approximate surface area is 174 Å². The van der Waals surface area contributed by atoms with E-state index in [0.29, 0.717) is 22.2 Å². The van der Waals surface area contributed by atoms with Gasteiger partial charge in [-0.1, -0.05) is 35.9 Å². The first-order valence-corrected chi connectivity index (χ1v) is 9.40. The van der Waals surface area contributed by atoms with Crippen molar-refractivity contribution in [1.29, 1.82) is 0 Å². The lowest BCUT2D eigenvalue weighted by Crippen LogP contribution is -2.38.